The van der Waals surface area contributed by atoms with Crippen molar-refractivity contribution in [1.82, 2.24) is 29.2 Å². The molecule has 30 heavy (non-hydrogen) atoms. The molecule has 0 radical (unpaired) electrons. The Labute approximate surface area is 173 Å². The van der Waals surface area contributed by atoms with Crippen LogP contribution in [0.5, 0.6) is 0 Å². The number of nitrogens with one attached hydrogen (secondary N) is 1. The highest BCUT2D eigenvalue weighted by Gasteiger charge is 2.37. The molecule has 5 aromatic rings. The summed E-state index contributed by atoms with van der Waals surface area (Å²) in [5, 5.41) is 0.709. The Morgan fingerprint density at radius 2 is 2.17 bits per heavy atom. The molecule has 148 valence electrons. The minimum absolute atomic E-state index is 0.173. The number of hydrogen-bond acceptors (Lipinski definition) is 5. The number of thiazole rings is 1. The molecule has 0 aliphatic carbocycles. The van der Waals surface area contributed by atoms with E-state index in [9.17, 15) is 9.18 Å². The van der Waals surface area contributed by atoms with Crippen LogP contribution in [0, 0.1) is 5.82 Å². The summed E-state index contributed by atoms with van der Waals surface area (Å²) >= 11 is 1.45. The van der Waals surface area contributed by atoms with E-state index >= 15 is 0 Å². The van der Waals surface area contributed by atoms with E-state index < -0.39 is 6.04 Å². The van der Waals surface area contributed by atoms with Crippen molar-refractivity contribution >= 4 is 33.0 Å². The van der Waals surface area contributed by atoms with Crippen LogP contribution < -0.4 is 0 Å². The van der Waals surface area contributed by atoms with E-state index in [0.717, 1.165) is 21.6 Å². The molecule has 1 atom stereocenters. The lowest BCUT2D eigenvalue weighted by Gasteiger charge is -2.33. The van der Waals surface area contributed by atoms with Crippen molar-refractivity contribution in [1.29, 1.82) is 0 Å². The largest absolute Gasteiger partial charge is 0.348 e. The number of aromatic nitrogens is 5. The topological polar surface area (TPSA) is 79.2 Å². The summed E-state index contributed by atoms with van der Waals surface area (Å²) in [5.41, 5.74) is 3.49. The standard InChI is InChI=1S/C21H15FN6OS/c22-12-4-5-16-14(9-12)26-20(30-16)19-17-13(23-10-24-17)6-8-28(19)21(29)18-15-3-1-2-7-27(15)11-25-18/h1-5,7,9-11,19H,6,8H2,(H,23,24)/t19-/m0/s1. The highest BCUT2D eigenvalue weighted by atomic mass is 32.1. The Kier molecular flexibility index (Phi) is 3.72. The van der Waals surface area contributed by atoms with Crippen molar-refractivity contribution in [2.75, 3.05) is 6.54 Å². The van der Waals surface area contributed by atoms with E-state index in [1.54, 1.807) is 23.6 Å². The maximum atomic E-state index is 13.7. The van der Waals surface area contributed by atoms with Gasteiger partial charge in [0.15, 0.2) is 5.69 Å². The van der Waals surface area contributed by atoms with E-state index in [-0.39, 0.29) is 11.7 Å². The molecule has 4 aromatic heterocycles. The zero-order valence-electron chi connectivity index (χ0n) is 15.6. The SMILES string of the molecule is O=C(c1ncn2ccccc12)N1CCc2[nH]cnc2[C@H]1c1nc2cc(F)ccc2s1. The number of halogens is 1. The number of imidazole rings is 2. The molecule has 1 amide bonds. The number of fused-ring (bicyclic) bond motifs is 3. The van der Waals surface area contributed by atoms with Gasteiger partial charge in [0.05, 0.1) is 27.8 Å². The van der Waals surface area contributed by atoms with Gasteiger partial charge < -0.3 is 14.3 Å². The number of rotatable bonds is 2. The van der Waals surface area contributed by atoms with Gasteiger partial charge in [0, 0.05) is 30.9 Å². The third-order valence-corrected chi connectivity index (χ3v) is 6.52. The van der Waals surface area contributed by atoms with Crippen LogP contribution in [0.1, 0.15) is 32.9 Å². The van der Waals surface area contributed by atoms with E-state index in [0.29, 0.717) is 29.2 Å². The molecule has 1 N–H and O–H groups in total. The summed E-state index contributed by atoms with van der Waals surface area (Å²) in [6, 6.07) is 9.75. The predicted molar refractivity (Wildman–Crippen MR) is 110 cm³/mol. The summed E-state index contributed by atoms with van der Waals surface area (Å²) in [5.74, 6) is -0.506. The Hall–Kier alpha value is -3.59. The quantitative estimate of drug-likeness (QED) is 0.475. The molecule has 0 fully saturated rings. The van der Waals surface area contributed by atoms with Gasteiger partial charge in [-0.25, -0.2) is 19.3 Å². The highest BCUT2D eigenvalue weighted by molar-refractivity contribution is 7.18. The third-order valence-electron chi connectivity index (χ3n) is 5.43. The van der Waals surface area contributed by atoms with Gasteiger partial charge in [0.1, 0.15) is 23.2 Å². The lowest BCUT2D eigenvalue weighted by atomic mass is 10.0. The molecular formula is C21H15FN6OS. The van der Waals surface area contributed by atoms with Gasteiger partial charge >= 0.3 is 0 Å². The molecule has 0 unspecified atom stereocenters. The van der Waals surface area contributed by atoms with E-state index in [2.05, 4.69) is 19.9 Å². The van der Waals surface area contributed by atoms with Crippen LogP contribution in [0.25, 0.3) is 15.7 Å². The minimum Gasteiger partial charge on any atom is -0.348 e. The normalized spacial score (nSPS) is 16.3. The number of nitrogens with zero attached hydrogens (tertiary/aromatic N) is 5. The lowest BCUT2D eigenvalue weighted by molar-refractivity contribution is 0.0687. The molecule has 0 saturated heterocycles. The van der Waals surface area contributed by atoms with Crippen molar-refractivity contribution in [3.05, 3.63) is 83.2 Å². The smallest absolute Gasteiger partial charge is 0.275 e. The zero-order chi connectivity index (χ0) is 20.2. The second-order valence-electron chi connectivity index (χ2n) is 7.17. The van der Waals surface area contributed by atoms with Crippen molar-refractivity contribution in [2.45, 2.75) is 12.5 Å². The summed E-state index contributed by atoms with van der Waals surface area (Å²) in [4.78, 5) is 32.1. The lowest BCUT2D eigenvalue weighted by Crippen LogP contribution is -2.41. The first kappa shape index (κ1) is 17.3. The van der Waals surface area contributed by atoms with Crippen LogP contribution in [0.4, 0.5) is 4.39 Å². The first-order chi connectivity index (χ1) is 14.7. The van der Waals surface area contributed by atoms with Crippen LogP contribution in [0.2, 0.25) is 0 Å². The van der Waals surface area contributed by atoms with Crippen LogP contribution in [-0.4, -0.2) is 41.7 Å². The molecule has 6 rings (SSSR count). The van der Waals surface area contributed by atoms with Gasteiger partial charge in [-0.15, -0.1) is 11.3 Å². The van der Waals surface area contributed by atoms with Crippen molar-refractivity contribution in [3.8, 4) is 0 Å². The summed E-state index contributed by atoms with van der Waals surface area (Å²) in [6.07, 6.45) is 5.82. The number of hydrogen-bond donors (Lipinski definition) is 1. The number of carbonyl (C=O) groups is 1. The number of H-pyrrole nitrogens is 1. The molecular weight excluding hydrogens is 403 g/mol. The molecule has 1 aliphatic heterocycles. The molecule has 0 bridgehead atoms. The number of amides is 1. The summed E-state index contributed by atoms with van der Waals surface area (Å²) < 4.78 is 16.4. The maximum absolute atomic E-state index is 13.7. The van der Waals surface area contributed by atoms with Crippen molar-refractivity contribution in [3.63, 3.8) is 0 Å². The third kappa shape index (κ3) is 2.55. The molecule has 0 spiro atoms. The molecule has 7 nitrogen and oxygen atoms in total. The number of benzene rings is 1. The average Bonchev–Trinajstić information content (AvgIpc) is 3.49. The minimum atomic E-state index is -0.451. The number of aromatic amines is 1. The number of pyridine rings is 1. The second kappa shape index (κ2) is 6.46. The van der Waals surface area contributed by atoms with E-state index in [1.165, 1.54) is 23.5 Å². The maximum Gasteiger partial charge on any atom is 0.275 e. The molecule has 0 saturated carbocycles. The Bertz CT molecular complexity index is 1420. The van der Waals surface area contributed by atoms with Gasteiger partial charge in [0.25, 0.3) is 5.91 Å². The van der Waals surface area contributed by atoms with Gasteiger partial charge in [0.2, 0.25) is 0 Å². The fourth-order valence-electron chi connectivity index (χ4n) is 4.03. The number of carbonyl (C=O) groups excluding carboxylic acids is 1. The molecule has 5 heterocycles. The first-order valence-electron chi connectivity index (χ1n) is 9.50. The van der Waals surface area contributed by atoms with Gasteiger partial charge in [-0.2, -0.15) is 0 Å². The summed E-state index contributed by atoms with van der Waals surface area (Å²) in [7, 11) is 0. The highest BCUT2D eigenvalue weighted by Crippen LogP contribution is 2.38. The van der Waals surface area contributed by atoms with Gasteiger partial charge in [-0.1, -0.05) is 6.07 Å². The van der Waals surface area contributed by atoms with E-state index in [4.69, 9.17) is 0 Å². The molecule has 1 aliphatic rings. The van der Waals surface area contributed by atoms with Crippen molar-refractivity contribution < 1.29 is 9.18 Å². The fraction of sp³-hybridized carbons (Fsp3) is 0.143. The van der Waals surface area contributed by atoms with Crippen molar-refractivity contribution in [2.24, 2.45) is 0 Å². The van der Waals surface area contributed by atoms with Crippen LogP contribution in [0.15, 0.2) is 55.2 Å². The zero-order valence-corrected chi connectivity index (χ0v) is 16.4. The predicted octanol–water partition coefficient (Wildman–Crippen LogP) is 3.59. The Balaban J connectivity index is 1.49. The van der Waals surface area contributed by atoms with Gasteiger partial charge in [-0.05, 0) is 24.3 Å². The Morgan fingerprint density at radius 1 is 1.23 bits per heavy atom. The second-order valence-corrected chi connectivity index (χ2v) is 8.23. The molecule has 9 heteroatoms. The summed E-state index contributed by atoms with van der Waals surface area (Å²) in [6.45, 7) is 0.509. The van der Waals surface area contributed by atoms with Gasteiger partial charge in [-0.3, -0.25) is 4.79 Å². The average molecular weight is 418 g/mol. The first-order valence-corrected chi connectivity index (χ1v) is 10.3. The van der Waals surface area contributed by atoms with E-state index in [1.807, 2.05) is 28.8 Å². The fourth-order valence-corrected chi connectivity index (χ4v) is 5.09. The molecule has 1 aromatic carbocycles. The monoisotopic (exact) mass is 418 g/mol. The van der Waals surface area contributed by atoms with Crippen LogP contribution in [-0.2, 0) is 6.42 Å². The van der Waals surface area contributed by atoms with Crippen LogP contribution >= 0.6 is 11.3 Å². The van der Waals surface area contributed by atoms with Crippen LogP contribution in [0.3, 0.4) is 0 Å². The Morgan fingerprint density at radius 3 is 3.10 bits per heavy atom.